The molecule has 1 aromatic rings. The Balaban J connectivity index is 2.71. The van der Waals surface area contributed by atoms with Crippen LogP contribution in [0.25, 0.3) is 0 Å². The van der Waals surface area contributed by atoms with Crippen molar-refractivity contribution < 1.29 is 0 Å². The second kappa shape index (κ2) is 7.48. The molecule has 2 N–H and O–H groups in total. The molecule has 5 heteroatoms. The van der Waals surface area contributed by atoms with Gasteiger partial charge in [0.1, 0.15) is 10.3 Å². The fraction of sp³-hybridized carbons (Fsp3) is 0.667. The Morgan fingerprint density at radius 2 is 2.18 bits per heavy atom. The van der Waals surface area contributed by atoms with Crippen molar-refractivity contribution in [3.63, 3.8) is 0 Å². The first-order valence-electron chi connectivity index (χ1n) is 6.18. The van der Waals surface area contributed by atoms with Crippen molar-refractivity contribution in [2.75, 3.05) is 5.32 Å². The minimum Gasteiger partial charge on any atom is -0.366 e. The van der Waals surface area contributed by atoms with E-state index in [4.69, 9.17) is 0 Å². The fourth-order valence-corrected chi connectivity index (χ4v) is 2.10. The maximum absolute atomic E-state index is 11.4. The molecular weight excluding hydrogens is 282 g/mol. The summed E-state index contributed by atoms with van der Waals surface area (Å²) >= 11 is 3.26. The molecule has 0 spiro atoms. The van der Waals surface area contributed by atoms with E-state index in [0.717, 1.165) is 19.3 Å². The molecule has 0 aliphatic heterocycles. The third-order valence-electron chi connectivity index (χ3n) is 2.68. The minimum absolute atomic E-state index is 0.145. The lowest BCUT2D eigenvalue weighted by Gasteiger charge is -2.18. The van der Waals surface area contributed by atoms with E-state index in [1.54, 1.807) is 0 Å². The van der Waals surface area contributed by atoms with E-state index in [1.807, 2.05) is 0 Å². The van der Waals surface area contributed by atoms with Gasteiger partial charge in [0.15, 0.2) is 0 Å². The third-order valence-corrected chi connectivity index (χ3v) is 3.42. The lowest BCUT2D eigenvalue weighted by Crippen LogP contribution is -2.22. The Kier molecular flexibility index (Phi) is 6.26. The van der Waals surface area contributed by atoms with Crippen molar-refractivity contribution in [1.82, 2.24) is 9.97 Å². The molecular formula is C12H20BrN3O. The Bertz CT molecular complexity index is 392. The van der Waals surface area contributed by atoms with Crippen molar-refractivity contribution in [2.24, 2.45) is 0 Å². The maximum atomic E-state index is 11.4. The van der Waals surface area contributed by atoms with Gasteiger partial charge in [0, 0.05) is 6.04 Å². The van der Waals surface area contributed by atoms with Crippen molar-refractivity contribution in [2.45, 2.75) is 52.0 Å². The standard InChI is InChI=1S/C12H20BrN3O/c1-3-5-7-9(6-4-2)16-11-10(13)12(17)15-8-14-11/h8-9H,3-7H2,1-2H3,(H2,14,15,16,17). The number of nitrogens with one attached hydrogen (secondary N) is 2. The quantitative estimate of drug-likeness (QED) is 0.812. The van der Waals surface area contributed by atoms with Gasteiger partial charge in [0.05, 0.1) is 6.33 Å². The molecule has 1 unspecified atom stereocenters. The number of aromatic nitrogens is 2. The number of anilines is 1. The van der Waals surface area contributed by atoms with Crippen LogP contribution in [0.1, 0.15) is 46.0 Å². The molecule has 0 radical (unpaired) electrons. The third kappa shape index (κ3) is 4.50. The molecule has 0 saturated heterocycles. The van der Waals surface area contributed by atoms with Crippen molar-refractivity contribution >= 4 is 21.7 Å². The molecule has 1 atom stereocenters. The number of halogens is 1. The SMILES string of the molecule is CCCCC(CCC)Nc1nc[nH]c(=O)c1Br. The Morgan fingerprint density at radius 1 is 1.41 bits per heavy atom. The largest absolute Gasteiger partial charge is 0.366 e. The number of unbranched alkanes of at least 4 members (excludes halogenated alkanes) is 1. The normalized spacial score (nSPS) is 12.4. The molecule has 0 aliphatic carbocycles. The van der Waals surface area contributed by atoms with Gasteiger partial charge in [-0.15, -0.1) is 0 Å². The van der Waals surface area contributed by atoms with E-state index in [2.05, 4.69) is 45.1 Å². The van der Waals surface area contributed by atoms with Crippen LogP contribution in [0.3, 0.4) is 0 Å². The smallest absolute Gasteiger partial charge is 0.267 e. The highest BCUT2D eigenvalue weighted by Gasteiger charge is 2.11. The van der Waals surface area contributed by atoms with E-state index in [0.29, 0.717) is 16.3 Å². The molecule has 0 aliphatic rings. The molecule has 0 fully saturated rings. The molecule has 0 saturated carbocycles. The molecule has 0 amide bonds. The topological polar surface area (TPSA) is 57.8 Å². The highest BCUT2D eigenvalue weighted by molar-refractivity contribution is 9.10. The first kappa shape index (κ1) is 14.2. The first-order valence-corrected chi connectivity index (χ1v) is 6.98. The van der Waals surface area contributed by atoms with Gasteiger partial charge in [-0.05, 0) is 28.8 Å². The minimum atomic E-state index is -0.145. The Hall–Kier alpha value is -0.840. The lowest BCUT2D eigenvalue weighted by atomic mass is 10.1. The first-order chi connectivity index (χ1) is 8.19. The molecule has 0 bridgehead atoms. The molecule has 1 heterocycles. The summed E-state index contributed by atoms with van der Waals surface area (Å²) in [5, 5.41) is 3.35. The Labute approximate surface area is 110 Å². The summed E-state index contributed by atoms with van der Waals surface area (Å²) in [7, 11) is 0. The van der Waals surface area contributed by atoms with Gasteiger partial charge < -0.3 is 10.3 Å². The summed E-state index contributed by atoms with van der Waals surface area (Å²) in [5.41, 5.74) is -0.145. The molecule has 1 rings (SSSR count). The molecule has 0 aromatic carbocycles. The lowest BCUT2D eigenvalue weighted by molar-refractivity contribution is 0.562. The predicted molar refractivity (Wildman–Crippen MR) is 74.4 cm³/mol. The van der Waals surface area contributed by atoms with Crippen LogP contribution in [0, 0.1) is 0 Å². The van der Waals surface area contributed by atoms with Gasteiger partial charge in [0.25, 0.3) is 5.56 Å². The second-order valence-corrected chi connectivity index (χ2v) is 4.96. The highest BCUT2D eigenvalue weighted by Crippen LogP contribution is 2.18. The van der Waals surface area contributed by atoms with Crippen LogP contribution in [-0.4, -0.2) is 16.0 Å². The summed E-state index contributed by atoms with van der Waals surface area (Å²) in [6.07, 6.45) is 7.15. The molecule has 96 valence electrons. The van der Waals surface area contributed by atoms with Crippen molar-refractivity contribution in [1.29, 1.82) is 0 Å². The van der Waals surface area contributed by atoms with E-state index in [-0.39, 0.29) is 5.56 Å². The number of hydrogen-bond acceptors (Lipinski definition) is 3. The number of H-pyrrole nitrogens is 1. The van der Waals surface area contributed by atoms with Gasteiger partial charge in [-0.1, -0.05) is 33.1 Å². The molecule has 4 nitrogen and oxygen atoms in total. The van der Waals surface area contributed by atoms with Crippen LogP contribution >= 0.6 is 15.9 Å². The number of hydrogen-bond donors (Lipinski definition) is 2. The predicted octanol–water partition coefficient (Wildman–Crippen LogP) is 3.30. The van der Waals surface area contributed by atoms with Crippen LogP contribution in [0.5, 0.6) is 0 Å². The number of aromatic amines is 1. The zero-order valence-electron chi connectivity index (χ0n) is 10.4. The summed E-state index contributed by atoms with van der Waals surface area (Å²) in [6.45, 7) is 4.35. The van der Waals surface area contributed by atoms with Gasteiger partial charge >= 0.3 is 0 Å². The highest BCUT2D eigenvalue weighted by atomic mass is 79.9. The van der Waals surface area contributed by atoms with Crippen LogP contribution in [0.4, 0.5) is 5.82 Å². The van der Waals surface area contributed by atoms with Crippen LogP contribution in [-0.2, 0) is 0 Å². The van der Waals surface area contributed by atoms with Gasteiger partial charge in [-0.2, -0.15) is 0 Å². The van der Waals surface area contributed by atoms with Crippen LogP contribution in [0.2, 0.25) is 0 Å². The molecule has 1 aromatic heterocycles. The number of nitrogens with zero attached hydrogens (tertiary/aromatic N) is 1. The fourth-order valence-electron chi connectivity index (χ4n) is 1.76. The van der Waals surface area contributed by atoms with E-state index >= 15 is 0 Å². The van der Waals surface area contributed by atoms with Crippen molar-refractivity contribution in [3.05, 3.63) is 21.2 Å². The van der Waals surface area contributed by atoms with E-state index in [9.17, 15) is 4.79 Å². The van der Waals surface area contributed by atoms with Gasteiger partial charge in [0.2, 0.25) is 0 Å². The second-order valence-electron chi connectivity index (χ2n) is 4.17. The average molecular weight is 302 g/mol. The number of rotatable bonds is 7. The van der Waals surface area contributed by atoms with E-state index in [1.165, 1.54) is 19.2 Å². The summed E-state index contributed by atoms with van der Waals surface area (Å²) < 4.78 is 0.484. The van der Waals surface area contributed by atoms with Gasteiger partial charge in [-0.3, -0.25) is 4.79 Å². The maximum Gasteiger partial charge on any atom is 0.267 e. The van der Waals surface area contributed by atoms with Gasteiger partial charge in [-0.25, -0.2) is 4.98 Å². The Morgan fingerprint density at radius 3 is 2.82 bits per heavy atom. The summed E-state index contributed by atoms with van der Waals surface area (Å²) in [5.74, 6) is 0.642. The molecule has 17 heavy (non-hydrogen) atoms. The summed E-state index contributed by atoms with van der Waals surface area (Å²) in [6, 6.07) is 0.394. The monoisotopic (exact) mass is 301 g/mol. The van der Waals surface area contributed by atoms with Crippen LogP contribution in [0.15, 0.2) is 15.6 Å². The van der Waals surface area contributed by atoms with Crippen molar-refractivity contribution in [3.8, 4) is 0 Å². The summed E-state index contributed by atoms with van der Waals surface area (Å²) in [4.78, 5) is 18.1. The zero-order valence-corrected chi connectivity index (χ0v) is 12.0. The van der Waals surface area contributed by atoms with Crippen LogP contribution < -0.4 is 10.9 Å². The zero-order chi connectivity index (χ0) is 12.7. The van der Waals surface area contributed by atoms with E-state index < -0.39 is 0 Å². The average Bonchev–Trinajstić information content (AvgIpc) is 2.32.